The maximum absolute atomic E-state index is 11.1. The van der Waals surface area contributed by atoms with Crippen molar-refractivity contribution in [3.8, 4) is 0 Å². The molecule has 2 N–H and O–H groups in total. The van der Waals surface area contributed by atoms with Gasteiger partial charge in [0.25, 0.3) is 0 Å². The topological polar surface area (TPSA) is 106 Å². The van der Waals surface area contributed by atoms with Gasteiger partial charge in [-0.25, -0.2) is 4.79 Å². The molecule has 0 bridgehead atoms. The third-order valence-electron chi connectivity index (χ3n) is 2.10. The van der Waals surface area contributed by atoms with E-state index in [2.05, 4.69) is 20.4 Å². The van der Waals surface area contributed by atoms with E-state index >= 15 is 0 Å². The van der Waals surface area contributed by atoms with E-state index in [0.29, 0.717) is 13.1 Å². The summed E-state index contributed by atoms with van der Waals surface area (Å²) >= 11 is 0. The molecule has 0 aliphatic heterocycles. The highest BCUT2D eigenvalue weighted by atomic mass is 16.5. The Morgan fingerprint density at radius 3 is 2.88 bits per heavy atom. The van der Waals surface area contributed by atoms with Crippen molar-refractivity contribution < 1.29 is 19.4 Å². The zero-order valence-corrected chi connectivity index (χ0v) is 9.58. The van der Waals surface area contributed by atoms with Gasteiger partial charge in [-0.1, -0.05) is 5.21 Å². The quantitative estimate of drug-likeness (QED) is 0.624. The number of nitrogens with zero attached hydrogens (tertiary/aromatic N) is 3. The van der Waals surface area contributed by atoms with Crippen molar-refractivity contribution in [3.05, 3.63) is 11.9 Å². The number of hydrogen-bond acceptors (Lipinski definition) is 6. The van der Waals surface area contributed by atoms with Gasteiger partial charge >= 0.3 is 11.9 Å². The van der Waals surface area contributed by atoms with Crippen LogP contribution in [0.2, 0.25) is 0 Å². The second-order valence-electron chi connectivity index (χ2n) is 3.37. The lowest BCUT2D eigenvalue weighted by molar-refractivity contribution is -0.142. The first kappa shape index (κ1) is 13.1. The van der Waals surface area contributed by atoms with Gasteiger partial charge in [0.15, 0.2) is 5.69 Å². The molecule has 0 radical (unpaired) electrons. The SMILES string of the molecule is COC(=O)C(C)NCCn1cc(C(=O)O)nn1. The Balaban J connectivity index is 2.35. The molecule has 0 saturated carbocycles. The molecule has 17 heavy (non-hydrogen) atoms. The maximum atomic E-state index is 11.1. The lowest BCUT2D eigenvalue weighted by Gasteiger charge is -2.10. The second-order valence-corrected chi connectivity index (χ2v) is 3.37. The molecule has 1 aromatic heterocycles. The predicted molar refractivity (Wildman–Crippen MR) is 56.5 cm³/mol. The highest BCUT2D eigenvalue weighted by Gasteiger charge is 2.12. The number of esters is 1. The van der Waals surface area contributed by atoms with E-state index in [4.69, 9.17) is 5.11 Å². The van der Waals surface area contributed by atoms with Gasteiger partial charge in [0.1, 0.15) is 6.04 Å². The number of aromatic carboxylic acids is 1. The zero-order chi connectivity index (χ0) is 12.8. The van der Waals surface area contributed by atoms with Crippen LogP contribution in [0.15, 0.2) is 6.20 Å². The molecule has 0 aliphatic rings. The van der Waals surface area contributed by atoms with Crippen molar-refractivity contribution in [2.45, 2.75) is 19.5 Å². The molecular formula is C9H14N4O4. The van der Waals surface area contributed by atoms with Gasteiger partial charge in [-0.15, -0.1) is 5.10 Å². The lowest BCUT2D eigenvalue weighted by atomic mass is 10.3. The molecule has 8 heteroatoms. The number of hydrogen-bond donors (Lipinski definition) is 2. The van der Waals surface area contributed by atoms with E-state index in [1.165, 1.54) is 18.0 Å². The summed E-state index contributed by atoms with van der Waals surface area (Å²) in [7, 11) is 1.32. The van der Waals surface area contributed by atoms with Crippen LogP contribution < -0.4 is 5.32 Å². The Bertz CT molecular complexity index is 403. The Kier molecular flexibility index (Phi) is 4.58. The van der Waals surface area contributed by atoms with Crippen LogP contribution >= 0.6 is 0 Å². The Morgan fingerprint density at radius 2 is 2.35 bits per heavy atom. The standard InChI is InChI=1S/C9H14N4O4/c1-6(9(16)17-2)10-3-4-13-5-7(8(14)15)11-12-13/h5-6,10H,3-4H2,1-2H3,(H,14,15). The molecule has 0 aliphatic carbocycles. The lowest BCUT2D eigenvalue weighted by Crippen LogP contribution is -2.36. The van der Waals surface area contributed by atoms with Crippen molar-refractivity contribution in [3.63, 3.8) is 0 Å². The van der Waals surface area contributed by atoms with E-state index in [9.17, 15) is 9.59 Å². The van der Waals surface area contributed by atoms with Gasteiger partial charge in [0.2, 0.25) is 0 Å². The van der Waals surface area contributed by atoms with Gasteiger partial charge in [0, 0.05) is 6.54 Å². The van der Waals surface area contributed by atoms with Crippen LogP contribution in [-0.4, -0.2) is 51.7 Å². The zero-order valence-electron chi connectivity index (χ0n) is 9.58. The number of ether oxygens (including phenoxy) is 1. The number of aromatic nitrogens is 3. The minimum Gasteiger partial charge on any atom is -0.476 e. The summed E-state index contributed by atoms with van der Waals surface area (Å²) in [6, 6.07) is -0.414. The molecule has 0 spiro atoms. The Morgan fingerprint density at radius 1 is 1.65 bits per heavy atom. The number of rotatable bonds is 6. The largest absolute Gasteiger partial charge is 0.476 e. The van der Waals surface area contributed by atoms with E-state index in [1.807, 2.05) is 0 Å². The monoisotopic (exact) mass is 242 g/mol. The van der Waals surface area contributed by atoms with Crippen molar-refractivity contribution in [2.75, 3.05) is 13.7 Å². The van der Waals surface area contributed by atoms with Gasteiger partial charge in [-0.2, -0.15) is 0 Å². The first-order chi connectivity index (χ1) is 8.04. The fourth-order valence-electron chi connectivity index (χ4n) is 1.16. The first-order valence-electron chi connectivity index (χ1n) is 4.99. The molecule has 0 fully saturated rings. The molecule has 1 aromatic rings. The fourth-order valence-corrected chi connectivity index (χ4v) is 1.16. The third-order valence-corrected chi connectivity index (χ3v) is 2.10. The number of nitrogens with one attached hydrogen (secondary N) is 1. The minimum absolute atomic E-state index is 0.106. The molecule has 1 rings (SSSR count). The second kappa shape index (κ2) is 5.94. The number of carbonyl (C=O) groups excluding carboxylic acids is 1. The Hall–Kier alpha value is -1.96. The van der Waals surface area contributed by atoms with Crippen LogP contribution in [0.25, 0.3) is 0 Å². The number of carboxylic acid groups (broad SMARTS) is 1. The highest BCUT2D eigenvalue weighted by Crippen LogP contribution is 1.92. The van der Waals surface area contributed by atoms with Crippen molar-refractivity contribution in [1.29, 1.82) is 0 Å². The number of carbonyl (C=O) groups is 2. The van der Waals surface area contributed by atoms with Crippen LogP contribution in [0.5, 0.6) is 0 Å². The summed E-state index contributed by atoms with van der Waals surface area (Å²) < 4.78 is 5.93. The summed E-state index contributed by atoms with van der Waals surface area (Å²) in [5.74, 6) is -1.47. The average Bonchev–Trinajstić information content (AvgIpc) is 2.76. The van der Waals surface area contributed by atoms with E-state index < -0.39 is 12.0 Å². The molecule has 0 amide bonds. The normalized spacial score (nSPS) is 12.1. The number of carboxylic acids is 1. The van der Waals surface area contributed by atoms with Crippen LogP contribution in [0.3, 0.4) is 0 Å². The predicted octanol–water partition coefficient (Wildman–Crippen LogP) is -0.873. The van der Waals surface area contributed by atoms with Crippen molar-refractivity contribution in [1.82, 2.24) is 20.3 Å². The van der Waals surface area contributed by atoms with E-state index in [1.54, 1.807) is 6.92 Å². The summed E-state index contributed by atoms with van der Waals surface area (Å²) in [6.07, 6.45) is 1.33. The minimum atomic E-state index is -1.12. The first-order valence-corrected chi connectivity index (χ1v) is 4.99. The van der Waals surface area contributed by atoms with E-state index in [-0.39, 0.29) is 11.7 Å². The molecule has 0 aromatic carbocycles. The van der Waals surface area contributed by atoms with Crippen LogP contribution in [-0.2, 0) is 16.1 Å². The molecule has 1 atom stereocenters. The summed E-state index contributed by atoms with van der Waals surface area (Å²) in [5, 5.41) is 18.6. The van der Waals surface area contributed by atoms with Gasteiger partial charge in [-0.05, 0) is 6.92 Å². The van der Waals surface area contributed by atoms with Crippen LogP contribution in [0.4, 0.5) is 0 Å². The molecule has 8 nitrogen and oxygen atoms in total. The average molecular weight is 242 g/mol. The van der Waals surface area contributed by atoms with Crippen LogP contribution in [0, 0.1) is 0 Å². The Labute approximate surface area is 97.6 Å². The smallest absolute Gasteiger partial charge is 0.358 e. The van der Waals surface area contributed by atoms with Crippen molar-refractivity contribution in [2.24, 2.45) is 0 Å². The number of methoxy groups -OCH3 is 1. The van der Waals surface area contributed by atoms with Gasteiger partial charge < -0.3 is 15.2 Å². The summed E-state index contributed by atoms with van der Waals surface area (Å²) in [6.45, 7) is 2.55. The molecular weight excluding hydrogens is 228 g/mol. The van der Waals surface area contributed by atoms with Crippen LogP contribution in [0.1, 0.15) is 17.4 Å². The summed E-state index contributed by atoms with van der Waals surface area (Å²) in [5.41, 5.74) is -0.106. The molecule has 0 saturated heterocycles. The van der Waals surface area contributed by atoms with E-state index in [0.717, 1.165) is 0 Å². The molecule has 1 unspecified atom stereocenters. The van der Waals surface area contributed by atoms with Crippen molar-refractivity contribution >= 4 is 11.9 Å². The summed E-state index contributed by atoms with van der Waals surface area (Å²) in [4.78, 5) is 21.6. The third kappa shape index (κ3) is 3.83. The molecule has 1 heterocycles. The fraction of sp³-hybridized carbons (Fsp3) is 0.556. The van der Waals surface area contributed by atoms with Gasteiger partial charge in [-0.3, -0.25) is 9.48 Å². The maximum Gasteiger partial charge on any atom is 0.358 e. The van der Waals surface area contributed by atoms with Gasteiger partial charge in [0.05, 0.1) is 19.9 Å². The highest BCUT2D eigenvalue weighted by molar-refractivity contribution is 5.84. The molecule has 94 valence electrons.